The normalized spacial score (nSPS) is 17.5. The minimum absolute atomic E-state index is 0.137. The molecule has 2 rings (SSSR count). The zero-order valence-electron chi connectivity index (χ0n) is 13.1. The maximum absolute atomic E-state index is 12.1. The Bertz CT molecular complexity index is 513. The number of hydrogen-bond acceptors (Lipinski definition) is 3. The third-order valence-corrected chi connectivity index (χ3v) is 4.21. The average molecular weight is 304 g/mol. The molecule has 0 aliphatic carbocycles. The van der Waals surface area contributed by atoms with E-state index >= 15 is 0 Å². The number of benzene rings is 1. The fourth-order valence-electron chi connectivity index (χ4n) is 2.77. The lowest BCUT2D eigenvalue weighted by atomic mass is 10.1. The van der Waals surface area contributed by atoms with Crippen molar-refractivity contribution in [2.45, 2.75) is 32.1 Å². The van der Waals surface area contributed by atoms with Gasteiger partial charge < -0.3 is 15.4 Å². The van der Waals surface area contributed by atoms with Crippen molar-refractivity contribution in [3.8, 4) is 5.75 Å². The summed E-state index contributed by atoms with van der Waals surface area (Å²) in [4.78, 5) is 24.9. The number of carbonyl (C=O) groups excluding carboxylic acids is 2. The maximum Gasteiger partial charge on any atom is 0.222 e. The number of amides is 2. The van der Waals surface area contributed by atoms with Gasteiger partial charge in [0, 0.05) is 19.5 Å². The number of unbranched alkanes of at least 4 members (excludes halogenated alkanes) is 1. The Balaban J connectivity index is 1.66. The van der Waals surface area contributed by atoms with Crippen LogP contribution in [0.1, 0.15) is 31.2 Å². The molecule has 5 heteroatoms. The molecule has 2 N–H and O–H groups in total. The summed E-state index contributed by atoms with van der Waals surface area (Å²) in [5.41, 5.74) is 6.53. The minimum Gasteiger partial charge on any atom is -0.497 e. The average Bonchev–Trinajstić information content (AvgIpc) is 3.02. The zero-order valence-corrected chi connectivity index (χ0v) is 13.1. The first-order chi connectivity index (χ1) is 10.6. The monoisotopic (exact) mass is 304 g/mol. The van der Waals surface area contributed by atoms with E-state index in [9.17, 15) is 9.59 Å². The molecule has 120 valence electrons. The quantitative estimate of drug-likeness (QED) is 0.780. The molecule has 1 aliphatic heterocycles. The molecule has 5 nitrogen and oxygen atoms in total. The van der Waals surface area contributed by atoms with Gasteiger partial charge in [0.25, 0.3) is 0 Å². The number of hydrogen-bond donors (Lipinski definition) is 1. The zero-order chi connectivity index (χ0) is 15.9. The lowest BCUT2D eigenvalue weighted by molar-refractivity contribution is -0.130. The highest BCUT2D eigenvalue weighted by Crippen LogP contribution is 2.18. The first-order valence-electron chi connectivity index (χ1n) is 7.80. The molecule has 2 amide bonds. The molecule has 0 spiro atoms. The molecule has 1 aromatic rings. The van der Waals surface area contributed by atoms with E-state index in [1.807, 2.05) is 12.1 Å². The molecule has 0 aromatic heterocycles. The second-order valence-corrected chi connectivity index (χ2v) is 5.78. The lowest BCUT2D eigenvalue weighted by Crippen LogP contribution is -2.31. The standard InChI is InChI=1S/C17H24N2O3/c1-22-15-8-6-13(7-9-15)4-2-3-5-16(20)19-11-10-14(12-19)17(18)21/h6-9,14H,2-5,10-12H2,1H3,(H2,18,21)/t14-/m1/s1. The van der Waals surface area contributed by atoms with Gasteiger partial charge in [-0.25, -0.2) is 0 Å². The van der Waals surface area contributed by atoms with Crippen LogP contribution in [0.5, 0.6) is 5.75 Å². The highest BCUT2D eigenvalue weighted by Gasteiger charge is 2.28. The molecule has 0 saturated carbocycles. The topological polar surface area (TPSA) is 72.6 Å². The predicted octanol–water partition coefficient (Wildman–Crippen LogP) is 1.74. The molecule has 0 radical (unpaired) electrons. The van der Waals surface area contributed by atoms with Gasteiger partial charge in [0.15, 0.2) is 0 Å². The van der Waals surface area contributed by atoms with Crippen molar-refractivity contribution in [2.24, 2.45) is 11.7 Å². The van der Waals surface area contributed by atoms with Crippen LogP contribution in [0, 0.1) is 5.92 Å². The third kappa shape index (κ3) is 4.48. The number of rotatable bonds is 7. The number of aryl methyl sites for hydroxylation is 1. The van der Waals surface area contributed by atoms with E-state index in [1.54, 1.807) is 12.0 Å². The molecule has 1 atom stereocenters. The van der Waals surface area contributed by atoms with E-state index in [0.717, 1.165) is 25.0 Å². The third-order valence-electron chi connectivity index (χ3n) is 4.21. The first kappa shape index (κ1) is 16.3. The molecule has 1 fully saturated rings. The molecule has 22 heavy (non-hydrogen) atoms. The van der Waals surface area contributed by atoms with Crippen molar-refractivity contribution < 1.29 is 14.3 Å². The van der Waals surface area contributed by atoms with Crippen molar-refractivity contribution in [2.75, 3.05) is 20.2 Å². The van der Waals surface area contributed by atoms with Gasteiger partial charge in [-0.1, -0.05) is 12.1 Å². The van der Waals surface area contributed by atoms with Crippen LogP contribution in [0.15, 0.2) is 24.3 Å². The van der Waals surface area contributed by atoms with Crippen LogP contribution in [-0.4, -0.2) is 36.9 Å². The Morgan fingerprint density at radius 2 is 2.00 bits per heavy atom. The highest BCUT2D eigenvalue weighted by molar-refractivity contribution is 5.81. The summed E-state index contributed by atoms with van der Waals surface area (Å²) >= 11 is 0. The summed E-state index contributed by atoms with van der Waals surface area (Å²) in [6, 6.07) is 8.01. The van der Waals surface area contributed by atoms with E-state index in [-0.39, 0.29) is 17.7 Å². The number of primary amides is 1. The van der Waals surface area contributed by atoms with Crippen molar-refractivity contribution in [1.29, 1.82) is 0 Å². The van der Waals surface area contributed by atoms with Crippen molar-refractivity contribution in [3.63, 3.8) is 0 Å². The molecule has 1 aliphatic rings. The van der Waals surface area contributed by atoms with Gasteiger partial charge in [0.1, 0.15) is 5.75 Å². The van der Waals surface area contributed by atoms with Crippen LogP contribution in [0.25, 0.3) is 0 Å². The Morgan fingerprint density at radius 3 is 2.59 bits per heavy atom. The molecule has 0 unspecified atom stereocenters. The summed E-state index contributed by atoms with van der Waals surface area (Å²) in [6.07, 6.45) is 4.05. The second-order valence-electron chi connectivity index (χ2n) is 5.78. The number of carbonyl (C=O) groups is 2. The van der Waals surface area contributed by atoms with E-state index in [2.05, 4.69) is 12.1 Å². The molecular weight excluding hydrogens is 280 g/mol. The summed E-state index contributed by atoms with van der Waals surface area (Å²) in [7, 11) is 1.65. The molecular formula is C17H24N2O3. The lowest BCUT2D eigenvalue weighted by Gasteiger charge is -2.15. The summed E-state index contributed by atoms with van der Waals surface area (Å²) in [5, 5.41) is 0. The second kappa shape index (κ2) is 7.82. The van der Waals surface area contributed by atoms with Crippen molar-refractivity contribution in [3.05, 3.63) is 29.8 Å². The number of methoxy groups -OCH3 is 1. The SMILES string of the molecule is COc1ccc(CCCCC(=O)N2CC[C@@H](C(N)=O)C2)cc1. The van der Waals surface area contributed by atoms with Gasteiger partial charge in [0.05, 0.1) is 13.0 Å². The van der Waals surface area contributed by atoms with E-state index in [0.29, 0.717) is 25.9 Å². The van der Waals surface area contributed by atoms with Crippen LogP contribution in [0.3, 0.4) is 0 Å². The van der Waals surface area contributed by atoms with Gasteiger partial charge in [0.2, 0.25) is 11.8 Å². The predicted molar refractivity (Wildman–Crippen MR) is 84.4 cm³/mol. The highest BCUT2D eigenvalue weighted by atomic mass is 16.5. The van der Waals surface area contributed by atoms with Gasteiger partial charge in [-0.05, 0) is 43.4 Å². The van der Waals surface area contributed by atoms with Crippen LogP contribution in [0.4, 0.5) is 0 Å². The van der Waals surface area contributed by atoms with Crippen LogP contribution in [0.2, 0.25) is 0 Å². The Labute approximate surface area is 131 Å². The fraction of sp³-hybridized carbons (Fsp3) is 0.529. The van der Waals surface area contributed by atoms with Gasteiger partial charge in [-0.2, -0.15) is 0 Å². The number of nitrogens with two attached hydrogens (primary N) is 1. The smallest absolute Gasteiger partial charge is 0.222 e. The van der Waals surface area contributed by atoms with Crippen LogP contribution < -0.4 is 10.5 Å². The largest absolute Gasteiger partial charge is 0.497 e. The van der Waals surface area contributed by atoms with Gasteiger partial charge >= 0.3 is 0 Å². The van der Waals surface area contributed by atoms with E-state index in [4.69, 9.17) is 10.5 Å². The van der Waals surface area contributed by atoms with Crippen LogP contribution in [-0.2, 0) is 16.0 Å². The summed E-state index contributed by atoms with van der Waals surface area (Å²) in [5.74, 6) is 0.536. The summed E-state index contributed by atoms with van der Waals surface area (Å²) in [6.45, 7) is 1.15. The molecule has 1 saturated heterocycles. The van der Waals surface area contributed by atoms with E-state index < -0.39 is 0 Å². The van der Waals surface area contributed by atoms with Crippen molar-refractivity contribution in [1.82, 2.24) is 4.90 Å². The van der Waals surface area contributed by atoms with Gasteiger partial charge in [-0.15, -0.1) is 0 Å². The van der Waals surface area contributed by atoms with Crippen molar-refractivity contribution >= 4 is 11.8 Å². The van der Waals surface area contributed by atoms with Crippen LogP contribution >= 0.6 is 0 Å². The molecule has 1 heterocycles. The maximum atomic E-state index is 12.1. The Kier molecular flexibility index (Phi) is 5.81. The minimum atomic E-state index is -0.296. The van der Waals surface area contributed by atoms with Gasteiger partial charge in [-0.3, -0.25) is 9.59 Å². The number of ether oxygens (including phenoxy) is 1. The summed E-state index contributed by atoms with van der Waals surface area (Å²) < 4.78 is 5.13. The molecule has 0 bridgehead atoms. The Hall–Kier alpha value is -2.04. The Morgan fingerprint density at radius 1 is 1.27 bits per heavy atom. The van der Waals surface area contributed by atoms with E-state index in [1.165, 1.54) is 5.56 Å². The number of nitrogens with zero attached hydrogens (tertiary/aromatic N) is 1. The molecule has 1 aromatic carbocycles. The number of likely N-dealkylation sites (tertiary alicyclic amines) is 1. The first-order valence-corrected chi connectivity index (χ1v) is 7.80. The fourth-order valence-corrected chi connectivity index (χ4v) is 2.77.